The quantitative estimate of drug-likeness (QED) is 0.699. The number of halogens is 3. The number of hydrogen-bond acceptors (Lipinski definition) is 2. The van der Waals surface area contributed by atoms with Crippen molar-refractivity contribution in [1.29, 1.82) is 0 Å². The molecule has 0 heterocycles. The Morgan fingerprint density at radius 3 is 2.29 bits per heavy atom. The average Bonchev–Trinajstić information content (AvgIpc) is 2.65. The third-order valence-electron chi connectivity index (χ3n) is 4.67. The number of amides is 2. The Morgan fingerprint density at radius 2 is 1.71 bits per heavy atom. The van der Waals surface area contributed by atoms with Crippen LogP contribution in [0.15, 0.2) is 54.6 Å². The lowest BCUT2D eigenvalue weighted by Crippen LogP contribution is -2.37. The summed E-state index contributed by atoms with van der Waals surface area (Å²) in [6.07, 6.45) is -3.24. The van der Waals surface area contributed by atoms with Crippen molar-refractivity contribution >= 4 is 17.5 Å². The normalized spacial score (nSPS) is 13.6. The number of rotatable bonds is 8. The fourth-order valence-electron chi connectivity index (χ4n) is 3.17. The zero-order valence-electron chi connectivity index (χ0n) is 15.5. The summed E-state index contributed by atoms with van der Waals surface area (Å²) in [6.45, 7) is 1.75. The molecule has 3 N–H and O–H groups in total. The van der Waals surface area contributed by atoms with Gasteiger partial charge in [0, 0.05) is 11.6 Å². The highest BCUT2D eigenvalue weighted by atomic mass is 19.4. The molecule has 0 radical (unpaired) electrons. The van der Waals surface area contributed by atoms with Gasteiger partial charge in [-0.05, 0) is 43.0 Å². The molecule has 0 aliphatic rings. The molecule has 0 saturated heterocycles. The van der Waals surface area contributed by atoms with Gasteiger partial charge in [-0.3, -0.25) is 9.59 Å². The second-order valence-electron chi connectivity index (χ2n) is 6.62. The molecule has 2 aromatic rings. The molecule has 1 unspecified atom stereocenters. The molecule has 150 valence electrons. The number of carbonyl (C=O) groups excluding carboxylic acids is 2. The number of nitrogens with one attached hydrogen (secondary N) is 1. The van der Waals surface area contributed by atoms with Crippen molar-refractivity contribution in [2.45, 2.75) is 32.4 Å². The lowest BCUT2D eigenvalue weighted by Gasteiger charge is -2.23. The highest BCUT2D eigenvalue weighted by molar-refractivity contribution is 5.95. The number of benzene rings is 2. The van der Waals surface area contributed by atoms with Gasteiger partial charge >= 0.3 is 6.18 Å². The van der Waals surface area contributed by atoms with Gasteiger partial charge in [0.2, 0.25) is 11.8 Å². The zero-order chi connectivity index (χ0) is 20.7. The molecular formula is C21H23F3N2O2. The van der Waals surface area contributed by atoms with Gasteiger partial charge in [0.25, 0.3) is 0 Å². The largest absolute Gasteiger partial charge is 0.416 e. The van der Waals surface area contributed by atoms with E-state index in [2.05, 4.69) is 5.32 Å². The predicted molar refractivity (Wildman–Crippen MR) is 101 cm³/mol. The van der Waals surface area contributed by atoms with Crippen LogP contribution in [0.25, 0.3) is 0 Å². The topological polar surface area (TPSA) is 72.2 Å². The van der Waals surface area contributed by atoms with E-state index in [1.54, 1.807) is 6.92 Å². The van der Waals surface area contributed by atoms with Crippen LogP contribution in [-0.4, -0.2) is 11.8 Å². The van der Waals surface area contributed by atoms with Gasteiger partial charge in [-0.15, -0.1) is 0 Å². The third kappa shape index (κ3) is 5.84. The van der Waals surface area contributed by atoms with Gasteiger partial charge in [-0.2, -0.15) is 13.2 Å². The minimum atomic E-state index is -4.51. The molecule has 28 heavy (non-hydrogen) atoms. The molecule has 0 spiro atoms. The number of primary amides is 1. The fraction of sp³-hybridized carbons (Fsp3) is 0.333. The number of hydrogen-bond donors (Lipinski definition) is 2. The molecule has 2 aromatic carbocycles. The molecule has 0 fully saturated rings. The van der Waals surface area contributed by atoms with E-state index in [1.807, 2.05) is 30.3 Å². The second-order valence-corrected chi connectivity index (χ2v) is 6.62. The maximum Gasteiger partial charge on any atom is 0.416 e. The first-order valence-corrected chi connectivity index (χ1v) is 9.03. The first-order chi connectivity index (χ1) is 13.2. The second kappa shape index (κ2) is 9.39. The van der Waals surface area contributed by atoms with Crippen LogP contribution < -0.4 is 11.1 Å². The van der Waals surface area contributed by atoms with Crippen LogP contribution >= 0.6 is 0 Å². The van der Waals surface area contributed by atoms with E-state index in [0.29, 0.717) is 19.3 Å². The Kier molecular flexibility index (Phi) is 7.20. The van der Waals surface area contributed by atoms with E-state index < -0.39 is 35.4 Å². The Bertz CT molecular complexity index is 807. The number of carbonyl (C=O) groups is 2. The van der Waals surface area contributed by atoms with E-state index in [1.165, 1.54) is 12.1 Å². The van der Waals surface area contributed by atoms with E-state index in [-0.39, 0.29) is 5.69 Å². The fourth-order valence-corrected chi connectivity index (χ4v) is 3.17. The average molecular weight is 392 g/mol. The molecule has 7 heteroatoms. The van der Waals surface area contributed by atoms with Gasteiger partial charge in [-0.25, -0.2) is 0 Å². The number of nitrogens with two attached hydrogens (primary N) is 1. The molecule has 0 aromatic heterocycles. The maximum absolute atomic E-state index is 12.9. The van der Waals surface area contributed by atoms with Crippen molar-refractivity contribution in [1.82, 2.24) is 0 Å². The first kappa shape index (κ1) is 21.5. The molecule has 2 amide bonds. The number of anilines is 1. The van der Waals surface area contributed by atoms with Gasteiger partial charge < -0.3 is 11.1 Å². The van der Waals surface area contributed by atoms with E-state index in [0.717, 1.165) is 17.7 Å². The first-order valence-electron chi connectivity index (χ1n) is 9.03. The van der Waals surface area contributed by atoms with Gasteiger partial charge in [-0.1, -0.05) is 43.3 Å². The molecule has 0 aliphatic carbocycles. The molecule has 4 nitrogen and oxygen atoms in total. The summed E-state index contributed by atoms with van der Waals surface area (Å²) in [6, 6.07) is 13.9. The zero-order valence-corrected chi connectivity index (χ0v) is 15.5. The van der Waals surface area contributed by atoms with Crippen LogP contribution in [0, 0.1) is 11.8 Å². The van der Waals surface area contributed by atoms with Crippen LogP contribution in [0.5, 0.6) is 0 Å². The summed E-state index contributed by atoms with van der Waals surface area (Å²) < 4.78 is 38.7. The highest BCUT2D eigenvalue weighted by Crippen LogP contribution is 2.31. The monoisotopic (exact) mass is 392 g/mol. The molecule has 2 rings (SSSR count). The third-order valence-corrected chi connectivity index (χ3v) is 4.67. The van der Waals surface area contributed by atoms with Crippen molar-refractivity contribution in [2.24, 2.45) is 17.6 Å². The lowest BCUT2D eigenvalue weighted by atomic mass is 9.84. The molecule has 2 atom stereocenters. The number of aryl methyl sites for hydroxylation is 1. The summed E-state index contributed by atoms with van der Waals surface area (Å²) in [5.41, 5.74) is 5.64. The summed E-state index contributed by atoms with van der Waals surface area (Å²) in [5, 5.41) is 2.51. The van der Waals surface area contributed by atoms with Gasteiger partial charge in [0.1, 0.15) is 0 Å². The van der Waals surface area contributed by atoms with Gasteiger partial charge in [0.15, 0.2) is 0 Å². The van der Waals surface area contributed by atoms with Crippen LogP contribution in [0.4, 0.5) is 18.9 Å². The van der Waals surface area contributed by atoms with E-state index >= 15 is 0 Å². The Hall–Kier alpha value is -2.83. The van der Waals surface area contributed by atoms with Crippen molar-refractivity contribution < 1.29 is 22.8 Å². The summed E-state index contributed by atoms with van der Waals surface area (Å²) >= 11 is 0. The minimum Gasteiger partial charge on any atom is -0.369 e. The number of alkyl halides is 3. The Morgan fingerprint density at radius 1 is 1.04 bits per heavy atom. The van der Waals surface area contributed by atoms with Crippen LogP contribution in [-0.2, 0) is 22.2 Å². The maximum atomic E-state index is 12.9. The molecule has 0 aliphatic heterocycles. The predicted octanol–water partition coefficient (Wildman–Crippen LogP) is 4.40. The van der Waals surface area contributed by atoms with Crippen molar-refractivity contribution in [3.8, 4) is 0 Å². The Balaban J connectivity index is 2.19. The van der Waals surface area contributed by atoms with Crippen LogP contribution in [0.1, 0.15) is 30.9 Å². The van der Waals surface area contributed by atoms with E-state index in [9.17, 15) is 22.8 Å². The minimum absolute atomic E-state index is 0.0314. The molecule has 0 saturated carbocycles. The van der Waals surface area contributed by atoms with Crippen molar-refractivity contribution in [3.05, 3.63) is 65.7 Å². The van der Waals surface area contributed by atoms with Crippen molar-refractivity contribution in [3.63, 3.8) is 0 Å². The molecule has 0 bridgehead atoms. The SMILES string of the molecule is CCC(C(N)=O)[C@H](CCc1ccccc1)C(=O)Nc1cccc(C(F)(F)F)c1. The molecular weight excluding hydrogens is 369 g/mol. The smallest absolute Gasteiger partial charge is 0.369 e. The highest BCUT2D eigenvalue weighted by Gasteiger charge is 2.32. The van der Waals surface area contributed by atoms with Crippen LogP contribution in [0.2, 0.25) is 0 Å². The standard InChI is InChI=1S/C21H23F3N2O2/c1-2-17(19(25)27)18(12-11-14-7-4-3-5-8-14)20(28)26-16-10-6-9-15(13-16)21(22,23)24/h3-10,13,17-18H,2,11-12H2,1H3,(H2,25,27)(H,26,28)/t17?,18-/m0/s1. The summed E-state index contributed by atoms with van der Waals surface area (Å²) in [5.74, 6) is -2.55. The Labute approximate surface area is 161 Å². The van der Waals surface area contributed by atoms with Gasteiger partial charge in [0.05, 0.1) is 11.5 Å². The van der Waals surface area contributed by atoms with Crippen molar-refractivity contribution in [2.75, 3.05) is 5.32 Å². The van der Waals surface area contributed by atoms with Crippen LogP contribution in [0.3, 0.4) is 0 Å². The lowest BCUT2D eigenvalue weighted by molar-refractivity contribution is -0.137. The summed E-state index contributed by atoms with van der Waals surface area (Å²) in [7, 11) is 0. The van der Waals surface area contributed by atoms with E-state index in [4.69, 9.17) is 5.73 Å². The summed E-state index contributed by atoms with van der Waals surface area (Å²) in [4.78, 5) is 24.6.